The molecule has 0 bridgehead atoms. The lowest BCUT2D eigenvalue weighted by Gasteiger charge is -2.11. The predicted octanol–water partition coefficient (Wildman–Crippen LogP) is 4.73. The van der Waals surface area contributed by atoms with Crippen molar-refractivity contribution in [2.45, 2.75) is 4.90 Å². The zero-order chi connectivity index (χ0) is 17.9. The van der Waals surface area contributed by atoms with Crippen LogP contribution in [0.15, 0.2) is 82.2 Å². The Labute approximate surface area is 144 Å². The van der Waals surface area contributed by atoms with Crippen LogP contribution < -0.4 is 0 Å². The van der Waals surface area contributed by atoms with Gasteiger partial charge in [0.15, 0.2) is 0 Å². The molecule has 0 fully saturated rings. The molecule has 0 unspecified atom stereocenters. The molecule has 0 aliphatic heterocycles. The molecule has 0 radical (unpaired) electrons. The van der Waals surface area contributed by atoms with Gasteiger partial charge in [0.1, 0.15) is 5.75 Å². The van der Waals surface area contributed by atoms with E-state index in [1.165, 1.54) is 6.07 Å². The normalized spacial score (nSPS) is 10.9. The molecule has 6 nitrogen and oxygen atoms in total. The van der Waals surface area contributed by atoms with Gasteiger partial charge in [-0.05, 0) is 46.5 Å². The fraction of sp³-hybridized carbons (Fsp3) is 0. The van der Waals surface area contributed by atoms with Crippen molar-refractivity contribution in [2.24, 2.45) is 4.52 Å². The molecule has 0 aromatic heterocycles. The number of aromatic hydroxyl groups is 1. The van der Waals surface area contributed by atoms with Crippen LogP contribution in [0.5, 0.6) is 5.75 Å². The van der Waals surface area contributed by atoms with Crippen LogP contribution in [0.4, 0.5) is 0 Å². The topological polar surface area (TPSA) is 103 Å². The molecule has 0 saturated carbocycles. The molecule has 0 aliphatic carbocycles. The third-order valence-electron chi connectivity index (χ3n) is 3.69. The molecular weight excluding hydrogens is 338 g/mol. The van der Waals surface area contributed by atoms with E-state index >= 15 is 0 Å². The summed E-state index contributed by atoms with van der Waals surface area (Å²) in [5.74, 6) is 0.148. The van der Waals surface area contributed by atoms with Crippen molar-refractivity contribution in [1.82, 2.24) is 0 Å². The highest BCUT2D eigenvalue weighted by Gasteiger charge is 2.19. The van der Waals surface area contributed by atoms with Crippen LogP contribution in [0.3, 0.4) is 0 Å². The molecule has 0 saturated heterocycles. The van der Waals surface area contributed by atoms with Crippen molar-refractivity contribution in [3.63, 3.8) is 0 Å². The molecule has 1 N–H and O–H groups in total. The average molecular weight is 351 g/mol. The van der Waals surface area contributed by atoms with E-state index in [4.69, 9.17) is 5.53 Å². The first-order chi connectivity index (χ1) is 12.0. The Balaban J connectivity index is 2.24. The molecule has 3 rings (SSSR count). The molecule has 0 heterocycles. The zero-order valence-electron chi connectivity index (χ0n) is 12.9. The standard InChI is InChI=1S/C18H13N3O3S/c19-20-21-25(23,24)18-11-8-15(13-6-9-16(22)10-7-13)12-17(18)14-4-2-1-3-5-14/h1-12,22H. The molecule has 0 atom stereocenters. The number of rotatable bonds is 4. The van der Waals surface area contributed by atoms with Gasteiger partial charge in [-0.2, -0.15) is 0 Å². The molecule has 124 valence electrons. The Kier molecular flexibility index (Phi) is 4.43. The fourth-order valence-electron chi connectivity index (χ4n) is 2.52. The van der Waals surface area contributed by atoms with Crippen molar-refractivity contribution in [3.05, 3.63) is 83.2 Å². The molecule has 0 amide bonds. The summed E-state index contributed by atoms with van der Waals surface area (Å²) in [7, 11) is -4.13. The number of hydrogen-bond donors (Lipinski definition) is 1. The zero-order valence-corrected chi connectivity index (χ0v) is 13.8. The van der Waals surface area contributed by atoms with E-state index in [1.54, 1.807) is 60.7 Å². The quantitative estimate of drug-likeness (QED) is 0.417. The van der Waals surface area contributed by atoms with Crippen LogP contribution in [0.1, 0.15) is 0 Å². The van der Waals surface area contributed by atoms with Gasteiger partial charge in [-0.3, -0.25) is 0 Å². The minimum Gasteiger partial charge on any atom is -0.508 e. The Morgan fingerprint density at radius 1 is 0.840 bits per heavy atom. The van der Waals surface area contributed by atoms with E-state index in [0.717, 1.165) is 11.1 Å². The number of phenolic OH excluding ortho intramolecular Hbond substituents is 1. The molecule has 25 heavy (non-hydrogen) atoms. The molecule has 0 aliphatic rings. The van der Waals surface area contributed by atoms with Gasteiger partial charge in [-0.1, -0.05) is 48.5 Å². The van der Waals surface area contributed by atoms with Crippen molar-refractivity contribution in [3.8, 4) is 28.0 Å². The van der Waals surface area contributed by atoms with Crippen LogP contribution >= 0.6 is 0 Å². The summed E-state index contributed by atoms with van der Waals surface area (Å²) in [5.41, 5.74) is 11.3. The van der Waals surface area contributed by atoms with Gasteiger partial charge in [0.2, 0.25) is 0 Å². The second-order valence-electron chi connectivity index (χ2n) is 5.27. The van der Waals surface area contributed by atoms with Crippen LogP contribution in [-0.2, 0) is 10.0 Å². The van der Waals surface area contributed by atoms with Gasteiger partial charge in [-0.25, -0.2) is 8.42 Å². The van der Waals surface area contributed by atoms with E-state index in [1.807, 2.05) is 6.07 Å². The van der Waals surface area contributed by atoms with Crippen LogP contribution in [0, 0.1) is 0 Å². The summed E-state index contributed by atoms with van der Waals surface area (Å²) >= 11 is 0. The maximum absolute atomic E-state index is 12.3. The predicted molar refractivity (Wildman–Crippen MR) is 95.3 cm³/mol. The van der Waals surface area contributed by atoms with Crippen molar-refractivity contribution in [1.29, 1.82) is 0 Å². The Hall–Kier alpha value is -3.28. The molecular formula is C18H13N3O3S. The Morgan fingerprint density at radius 3 is 2.12 bits per heavy atom. The number of benzene rings is 3. The SMILES string of the molecule is [N-]=[N+]=NS(=O)(=O)c1ccc(-c2ccc(O)cc2)cc1-c1ccccc1. The summed E-state index contributed by atoms with van der Waals surface area (Å²) in [6, 6.07) is 20.4. The summed E-state index contributed by atoms with van der Waals surface area (Å²) in [6.07, 6.45) is 0. The highest BCUT2D eigenvalue weighted by Crippen LogP contribution is 2.33. The van der Waals surface area contributed by atoms with E-state index < -0.39 is 10.0 Å². The van der Waals surface area contributed by atoms with Crippen LogP contribution in [0.25, 0.3) is 32.7 Å². The summed E-state index contributed by atoms with van der Waals surface area (Å²) in [4.78, 5) is 2.36. The monoisotopic (exact) mass is 351 g/mol. The largest absolute Gasteiger partial charge is 0.508 e. The first kappa shape index (κ1) is 16.6. The van der Waals surface area contributed by atoms with Gasteiger partial charge >= 0.3 is 0 Å². The minimum absolute atomic E-state index is 0.0565. The second kappa shape index (κ2) is 6.68. The van der Waals surface area contributed by atoms with Gasteiger partial charge in [0, 0.05) is 15.0 Å². The van der Waals surface area contributed by atoms with E-state index in [-0.39, 0.29) is 10.6 Å². The lowest BCUT2D eigenvalue weighted by atomic mass is 9.99. The van der Waals surface area contributed by atoms with Gasteiger partial charge < -0.3 is 5.11 Å². The molecule has 0 spiro atoms. The van der Waals surface area contributed by atoms with Crippen LogP contribution in [-0.4, -0.2) is 13.5 Å². The minimum atomic E-state index is -4.13. The molecule has 3 aromatic rings. The molecule has 3 aromatic carbocycles. The highest BCUT2D eigenvalue weighted by atomic mass is 32.2. The number of azide groups is 1. The number of phenols is 1. The van der Waals surface area contributed by atoms with Crippen molar-refractivity contribution < 1.29 is 13.5 Å². The van der Waals surface area contributed by atoms with Crippen molar-refractivity contribution >= 4 is 10.0 Å². The van der Waals surface area contributed by atoms with Gasteiger partial charge in [0.05, 0.1) is 4.90 Å². The van der Waals surface area contributed by atoms with E-state index in [9.17, 15) is 13.5 Å². The smallest absolute Gasteiger partial charge is 0.264 e. The fourth-order valence-corrected chi connectivity index (χ4v) is 3.40. The maximum atomic E-state index is 12.3. The third-order valence-corrected chi connectivity index (χ3v) is 4.89. The van der Waals surface area contributed by atoms with Crippen LogP contribution in [0.2, 0.25) is 0 Å². The summed E-state index contributed by atoms with van der Waals surface area (Å²) < 4.78 is 27.5. The lowest BCUT2D eigenvalue weighted by molar-refractivity contribution is 0.475. The Bertz CT molecular complexity index is 1060. The Morgan fingerprint density at radius 2 is 1.48 bits per heavy atom. The van der Waals surface area contributed by atoms with Gasteiger partial charge in [0.25, 0.3) is 10.0 Å². The van der Waals surface area contributed by atoms with Crippen molar-refractivity contribution in [2.75, 3.05) is 0 Å². The second-order valence-corrected chi connectivity index (χ2v) is 6.82. The lowest BCUT2D eigenvalue weighted by Crippen LogP contribution is -1.99. The summed E-state index contributed by atoms with van der Waals surface area (Å²) in [5, 5.41) is 9.42. The first-order valence-corrected chi connectivity index (χ1v) is 8.75. The summed E-state index contributed by atoms with van der Waals surface area (Å²) in [6.45, 7) is 0. The molecule has 7 heteroatoms. The number of nitrogens with zero attached hydrogens (tertiary/aromatic N) is 3. The average Bonchev–Trinajstić information content (AvgIpc) is 2.62. The first-order valence-electron chi connectivity index (χ1n) is 7.31. The third kappa shape index (κ3) is 3.47. The van der Waals surface area contributed by atoms with Gasteiger partial charge in [-0.15, -0.1) is 0 Å². The van der Waals surface area contributed by atoms with E-state index in [2.05, 4.69) is 9.43 Å². The number of hydrogen-bond acceptors (Lipinski definition) is 3. The number of sulfonamides is 1. The maximum Gasteiger partial charge on any atom is 0.264 e. The van der Waals surface area contributed by atoms with E-state index in [0.29, 0.717) is 11.1 Å². The highest BCUT2D eigenvalue weighted by molar-refractivity contribution is 7.90.